The van der Waals surface area contributed by atoms with Crippen molar-refractivity contribution < 1.29 is 29.0 Å². The largest absolute Gasteiger partial charge is 0.508 e. The summed E-state index contributed by atoms with van der Waals surface area (Å²) in [5, 5.41) is 9.40. The molecule has 0 spiro atoms. The van der Waals surface area contributed by atoms with Gasteiger partial charge in [0.1, 0.15) is 18.1 Å². The second kappa shape index (κ2) is 11.7. The van der Waals surface area contributed by atoms with Gasteiger partial charge >= 0.3 is 0 Å². The number of rotatable bonds is 5. The quantitative estimate of drug-likeness (QED) is 0.334. The zero-order valence-electron chi connectivity index (χ0n) is 26.1. The highest BCUT2D eigenvalue weighted by Crippen LogP contribution is 2.34. The van der Waals surface area contributed by atoms with E-state index in [9.17, 15) is 24.3 Å². The van der Waals surface area contributed by atoms with E-state index in [1.807, 2.05) is 85.7 Å². The Morgan fingerprint density at radius 3 is 1.56 bits per heavy atom. The summed E-state index contributed by atoms with van der Waals surface area (Å²) in [5.41, 5.74) is 2.22. The fraction of sp³-hybridized carbons (Fsp3) is 0.371. The first-order valence-corrected chi connectivity index (χ1v) is 14.4. The maximum atomic E-state index is 12.8. The second-order valence-corrected chi connectivity index (χ2v) is 13.3. The Bertz CT molecular complexity index is 1570. The molecular formula is C35H40N2O6. The van der Waals surface area contributed by atoms with Gasteiger partial charge in [0.05, 0.1) is 22.3 Å². The molecule has 43 heavy (non-hydrogen) atoms. The molecule has 3 aromatic rings. The van der Waals surface area contributed by atoms with Gasteiger partial charge in [-0.3, -0.25) is 29.0 Å². The zero-order chi connectivity index (χ0) is 31.9. The van der Waals surface area contributed by atoms with Crippen LogP contribution in [0.5, 0.6) is 11.5 Å². The Labute approximate surface area is 253 Å². The zero-order valence-corrected chi connectivity index (χ0v) is 26.1. The van der Waals surface area contributed by atoms with Gasteiger partial charge in [-0.15, -0.1) is 0 Å². The number of fused-ring (bicyclic) bond motifs is 2. The number of amides is 4. The summed E-state index contributed by atoms with van der Waals surface area (Å²) < 4.78 is 5.78. The predicted octanol–water partition coefficient (Wildman–Crippen LogP) is 6.72. The number of ether oxygens (including phenoxy) is 1. The SMILES string of the molecule is C[C@@H](N1C(=O)c2ccc(O)cc2C1=O)C(C)(C)C.C[C@@H](N1C(=O)c2ccc(OCc3ccccc3)cc2C1=O)C(C)(C)C. The molecule has 0 saturated carbocycles. The summed E-state index contributed by atoms with van der Waals surface area (Å²) >= 11 is 0. The third kappa shape index (κ3) is 6.33. The van der Waals surface area contributed by atoms with Crippen LogP contribution in [-0.4, -0.2) is 50.6 Å². The lowest BCUT2D eigenvalue weighted by atomic mass is 9.87. The third-order valence-electron chi connectivity index (χ3n) is 8.32. The smallest absolute Gasteiger partial charge is 0.261 e. The van der Waals surface area contributed by atoms with E-state index in [-0.39, 0.29) is 57.9 Å². The number of carbonyl (C=O) groups is 4. The molecule has 0 unspecified atom stereocenters. The summed E-state index contributed by atoms with van der Waals surface area (Å²) in [5.74, 6) is -0.482. The number of phenolic OH excluding ortho intramolecular Hbond substituents is 1. The van der Waals surface area contributed by atoms with Crippen molar-refractivity contribution in [3.63, 3.8) is 0 Å². The molecule has 8 heteroatoms. The van der Waals surface area contributed by atoms with Gasteiger partial charge in [-0.1, -0.05) is 71.9 Å². The molecule has 0 bridgehead atoms. The van der Waals surface area contributed by atoms with Crippen LogP contribution in [0.15, 0.2) is 66.7 Å². The van der Waals surface area contributed by atoms with Crippen LogP contribution in [0.4, 0.5) is 0 Å². The van der Waals surface area contributed by atoms with Crippen LogP contribution in [-0.2, 0) is 6.61 Å². The topological polar surface area (TPSA) is 104 Å². The number of carbonyl (C=O) groups excluding carboxylic acids is 4. The Hall–Kier alpha value is -4.46. The highest BCUT2D eigenvalue weighted by atomic mass is 16.5. The van der Waals surface area contributed by atoms with E-state index in [1.54, 1.807) is 18.2 Å². The number of hydrogen-bond acceptors (Lipinski definition) is 6. The summed E-state index contributed by atoms with van der Waals surface area (Å²) in [6.45, 7) is 16.2. The molecule has 0 saturated heterocycles. The van der Waals surface area contributed by atoms with Crippen molar-refractivity contribution >= 4 is 23.6 Å². The van der Waals surface area contributed by atoms with Crippen molar-refractivity contribution in [2.75, 3.05) is 0 Å². The molecule has 0 aliphatic carbocycles. The standard InChI is InChI=1S/C21H23NO3.C14H17NO3/c1-14(21(2,3)4)22-19(23)17-11-10-16(12-18(17)20(22)24)25-13-15-8-6-5-7-9-15;1-8(14(2,3)4)15-12(17)10-6-5-9(16)7-11(10)13(15)18/h5-12,14H,13H2,1-4H3;5-8,16H,1-4H3/t14-;8-/m11/s1. The van der Waals surface area contributed by atoms with Gasteiger partial charge in [-0.05, 0) is 66.6 Å². The minimum absolute atomic E-state index is 0.000150. The summed E-state index contributed by atoms with van der Waals surface area (Å²) in [6, 6.07) is 18.8. The second-order valence-electron chi connectivity index (χ2n) is 13.3. The molecule has 0 aromatic heterocycles. The molecule has 0 radical (unpaired) electrons. The number of hydrogen-bond donors (Lipinski definition) is 1. The maximum absolute atomic E-state index is 12.8. The predicted molar refractivity (Wildman–Crippen MR) is 164 cm³/mol. The lowest BCUT2D eigenvalue weighted by molar-refractivity contribution is 0.0473. The fourth-order valence-electron chi connectivity index (χ4n) is 4.79. The van der Waals surface area contributed by atoms with Crippen LogP contribution in [0.3, 0.4) is 0 Å². The molecule has 5 rings (SSSR count). The van der Waals surface area contributed by atoms with Crippen LogP contribution in [0.25, 0.3) is 0 Å². The molecule has 2 aliphatic rings. The normalized spacial score (nSPS) is 16.0. The Kier molecular flexibility index (Phi) is 8.54. The van der Waals surface area contributed by atoms with Crippen molar-refractivity contribution in [2.45, 2.75) is 74.1 Å². The van der Waals surface area contributed by atoms with Gasteiger partial charge in [0, 0.05) is 12.1 Å². The highest BCUT2D eigenvalue weighted by Gasteiger charge is 2.43. The van der Waals surface area contributed by atoms with E-state index >= 15 is 0 Å². The average Bonchev–Trinajstić information content (AvgIpc) is 3.34. The molecule has 3 aromatic carbocycles. The van der Waals surface area contributed by atoms with Crippen molar-refractivity contribution in [1.29, 1.82) is 0 Å². The molecule has 8 nitrogen and oxygen atoms in total. The number of nitrogens with zero attached hydrogens (tertiary/aromatic N) is 2. The van der Waals surface area contributed by atoms with Crippen LogP contribution in [0.2, 0.25) is 0 Å². The van der Waals surface area contributed by atoms with E-state index in [4.69, 9.17) is 4.74 Å². The number of imide groups is 2. The third-order valence-corrected chi connectivity index (χ3v) is 8.32. The molecule has 1 N–H and O–H groups in total. The van der Waals surface area contributed by atoms with Gasteiger partial charge in [0.25, 0.3) is 23.6 Å². The van der Waals surface area contributed by atoms with Gasteiger partial charge in [0.15, 0.2) is 0 Å². The molecule has 0 fully saturated rings. The number of benzene rings is 3. The van der Waals surface area contributed by atoms with Crippen molar-refractivity contribution in [1.82, 2.24) is 9.80 Å². The fourth-order valence-corrected chi connectivity index (χ4v) is 4.79. The van der Waals surface area contributed by atoms with E-state index in [1.165, 1.54) is 28.0 Å². The van der Waals surface area contributed by atoms with Crippen molar-refractivity contribution in [3.8, 4) is 11.5 Å². The average molecular weight is 585 g/mol. The monoisotopic (exact) mass is 584 g/mol. The van der Waals surface area contributed by atoms with Crippen LogP contribution in [0, 0.1) is 10.8 Å². The van der Waals surface area contributed by atoms with E-state index in [0.29, 0.717) is 29.0 Å². The van der Waals surface area contributed by atoms with Gasteiger partial charge in [-0.2, -0.15) is 0 Å². The van der Waals surface area contributed by atoms with Gasteiger partial charge in [-0.25, -0.2) is 0 Å². The minimum atomic E-state index is -0.326. The molecule has 2 aliphatic heterocycles. The molecule has 226 valence electrons. The number of aromatic hydroxyl groups is 1. The summed E-state index contributed by atoms with van der Waals surface area (Å²) in [7, 11) is 0. The van der Waals surface area contributed by atoms with Crippen molar-refractivity contribution in [2.24, 2.45) is 10.8 Å². The van der Waals surface area contributed by atoms with Crippen LogP contribution in [0.1, 0.15) is 102 Å². The lowest BCUT2D eigenvalue weighted by Crippen LogP contribution is -2.45. The molecule has 2 heterocycles. The first kappa shape index (κ1) is 31.5. The van der Waals surface area contributed by atoms with Gasteiger partial charge < -0.3 is 9.84 Å². The van der Waals surface area contributed by atoms with Crippen LogP contribution >= 0.6 is 0 Å². The molecule has 2 atom stereocenters. The maximum Gasteiger partial charge on any atom is 0.261 e. The lowest BCUT2D eigenvalue weighted by Gasteiger charge is -2.33. The number of phenols is 1. The Morgan fingerprint density at radius 1 is 0.628 bits per heavy atom. The molecular weight excluding hydrogens is 544 g/mol. The van der Waals surface area contributed by atoms with E-state index < -0.39 is 0 Å². The van der Waals surface area contributed by atoms with E-state index in [0.717, 1.165) is 5.56 Å². The first-order chi connectivity index (χ1) is 20.0. The molecule has 4 amide bonds. The highest BCUT2D eigenvalue weighted by molar-refractivity contribution is 6.22. The van der Waals surface area contributed by atoms with E-state index in [2.05, 4.69) is 0 Å². The summed E-state index contributed by atoms with van der Waals surface area (Å²) in [6.07, 6.45) is 0. The first-order valence-electron chi connectivity index (χ1n) is 14.4. The Balaban J connectivity index is 0.000000208. The minimum Gasteiger partial charge on any atom is -0.508 e. The van der Waals surface area contributed by atoms with Crippen molar-refractivity contribution in [3.05, 3.63) is 94.5 Å². The van der Waals surface area contributed by atoms with Gasteiger partial charge in [0.2, 0.25) is 0 Å². The summed E-state index contributed by atoms with van der Waals surface area (Å²) in [4.78, 5) is 52.5. The Morgan fingerprint density at radius 2 is 1.07 bits per heavy atom. The van der Waals surface area contributed by atoms with Crippen LogP contribution < -0.4 is 4.74 Å².